The predicted molar refractivity (Wildman–Crippen MR) is 320 cm³/mol. The van der Waals surface area contributed by atoms with Crippen molar-refractivity contribution in [2.24, 2.45) is 0 Å². The molecule has 13 heterocycles. The molecule has 3 N–H and O–H groups in total. The highest BCUT2D eigenvalue weighted by molar-refractivity contribution is 9.08. The molecular formula is C55H53BrClF6N19O2S2. The van der Waals surface area contributed by atoms with E-state index in [0.717, 1.165) is 89.4 Å². The molecule has 21 nitrogen and oxygen atoms in total. The molecule has 3 saturated heterocycles. The van der Waals surface area contributed by atoms with Crippen molar-refractivity contribution in [1.82, 2.24) is 65.1 Å². The van der Waals surface area contributed by atoms with Crippen LogP contribution < -0.4 is 30.7 Å². The van der Waals surface area contributed by atoms with E-state index in [1.54, 1.807) is 80.2 Å². The fourth-order valence-corrected chi connectivity index (χ4v) is 10.9. The lowest BCUT2D eigenvalue weighted by molar-refractivity contribution is -0.160. The molecule has 0 aliphatic carbocycles. The van der Waals surface area contributed by atoms with Crippen molar-refractivity contribution in [3.05, 3.63) is 162 Å². The van der Waals surface area contributed by atoms with Crippen LogP contribution in [0.4, 0.5) is 72.5 Å². The molecule has 3 aliphatic heterocycles. The first-order valence-corrected chi connectivity index (χ1v) is 29.7. The summed E-state index contributed by atoms with van der Waals surface area (Å²) in [4.78, 5) is 55.9. The van der Waals surface area contributed by atoms with Gasteiger partial charge in [0.05, 0.1) is 70.5 Å². The van der Waals surface area contributed by atoms with Crippen LogP contribution in [0.2, 0.25) is 5.15 Å². The summed E-state index contributed by atoms with van der Waals surface area (Å²) >= 11 is 11.2. The zero-order valence-corrected chi connectivity index (χ0v) is 49.4. The number of hydrogen-bond acceptors (Lipinski definition) is 23. The topological polar surface area (TPSA) is 245 Å². The SMILES string of the molecule is Clc1cnccn1.FC(F)(F)c1nc(-c2ccc(CBr)s2)no1.FC(F)(F)c1nc(-c2ccc(CN(c3ccc(N4CCCC4)nc3)c3cnccn3)s2)no1.Nc1ccc(N2CCCC2)nc1.c1cnc(Nc2ccc(N3CCCC3)nc2)cn1. The van der Waals surface area contributed by atoms with Crippen LogP contribution in [0.1, 0.15) is 60.1 Å². The number of pyridine rings is 3. The number of nitrogen functional groups attached to an aromatic ring is 1. The van der Waals surface area contributed by atoms with Crippen LogP contribution in [0.5, 0.6) is 0 Å². The van der Waals surface area contributed by atoms with Crippen molar-refractivity contribution in [1.29, 1.82) is 0 Å². The number of nitrogens with zero attached hydrogens (tertiary/aromatic N) is 17. The lowest BCUT2D eigenvalue weighted by Crippen LogP contribution is -2.20. The van der Waals surface area contributed by atoms with E-state index in [9.17, 15) is 26.3 Å². The molecule has 3 fully saturated rings. The molecule has 3 aliphatic rings. The third-order valence-corrected chi connectivity index (χ3v) is 15.9. The minimum atomic E-state index is -4.68. The highest BCUT2D eigenvalue weighted by Crippen LogP contribution is 2.35. The number of rotatable bonds is 12. The highest BCUT2D eigenvalue weighted by Gasteiger charge is 2.39. The van der Waals surface area contributed by atoms with E-state index in [1.165, 1.54) is 67.4 Å². The monoisotopic (exact) mass is 1300 g/mol. The molecular weight excluding hydrogens is 1250 g/mol. The average Bonchev–Trinajstić information content (AvgIpc) is 3.15. The first kappa shape index (κ1) is 62.1. The van der Waals surface area contributed by atoms with E-state index in [4.69, 9.17) is 17.3 Å². The van der Waals surface area contributed by atoms with Crippen molar-refractivity contribution in [3.8, 4) is 21.4 Å². The zero-order valence-electron chi connectivity index (χ0n) is 45.4. The van der Waals surface area contributed by atoms with E-state index in [1.807, 2.05) is 53.6 Å². The first-order valence-electron chi connectivity index (χ1n) is 26.6. The Kier molecular flexibility index (Phi) is 21.7. The molecule has 86 heavy (non-hydrogen) atoms. The Balaban J connectivity index is 0.000000141. The Morgan fingerprint density at radius 2 is 1.05 bits per heavy atom. The minimum Gasteiger partial charge on any atom is -0.397 e. The zero-order chi connectivity index (χ0) is 60.3. The number of nitrogens with two attached hydrogens (primary N) is 1. The second kappa shape index (κ2) is 30.0. The summed E-state index contributed by atoms with van der Waals surface area (Å²) in [5, 5.41) is 11.0. The number of aromatic nitrogens is 13. The summed E-state index contributed by atoms with van der Waals surface area (Å²) in [6.45, 7) is 6.93. The molecule has 10 aromatic rings. The molecule has 0 atom stereocenters. The van der Waals surface area contributed by atoms with E-state index >= 15 is 0 Å². The first-order chi connectivity index (χ1) is 41.6. The second-order valence-corrected chi connectivity index (χ2v) is 22.0. The number of halogens is 8. The summed E-state index contributed by atoms with van der Waals surface area (Å²) in [5.41, 5.74) is 8.03. The van der Waals surface area contributed by atoms with Gasteiger partial charge in [0.25, 0.3) is 0 Å². The molecule has 448 valence electrons. The van der Waals surface area contributed by atoms with Gasteiger partial charge in [-0.15, -0.1) is 22.7 Å². The molecule has 0 bridgehead atoms. The number of thiophene rings is 2. The van der Waals surface area contributed by atoms with Gasteiger partial charge in [-0.2, -0.15) is 36.3 Å². The summed E-state index contributed by atoms with van der Waals surface area (Å²) < 4.78 is 83.4. The Morgan fingerprint density at radius 1 is 0.547 bits per heavy atom. The fourth-order valence-electron chi connectivity index (χ4n) is 8.51. The molecule has 0 unspecified atom stereocenters. The fraction of sp³-hybridized carbons (Fsp3) is 0.291. The van der Waals surface area contributed by atoms with Crippen LogP contribution in [-0.4, -0.2) is 104 Å². The summed E-state index contributed by atoms with van der Waals surface area (Å²) in [6, 6.07) is 18.9. The summed E-state index contributed by atoms with van der Waals surface area (Å²) in [7, 11) is 0. The number of alkyl halides is 7. The third-order valence-electron chi connectivity index (χ3n) is 12.6. The van der Waals surface area contributed by atoms with Gasteiger partial charge in [-0.1, -0.05) is 37.8 Å². The Bertz CT molecular complexity index is 3590. The maximum atomic E-state index is 12.8. The Hall–Kier alpha value is -8.48. The van der Waals surface area contributed by atoms with Gasteiger partial charge in [0.1, 0.15) is 28.4 Å². The van der Waals surface area contributed by atoms with Gasteiger partial charge in [0.2, 0.25) is 11.6 Å². The molecule has 31 heteroatoms. The van der Waals surface area contributed by atoms with Gasteiger partial charge in [0, 0.05) is 91.5 Å². The second-order valence-electron chi connectivity index (χ2n) is 18.7. The van der Waals surface area contributed by atoms with Crippen molar-refractivity contribution in [2.45, 2.75) is 62.8 Å². The Morgan fingerprint density at radius 3 is 1.45 bits per heavy atom. The quantitative estimate of drug-likeness (QED) is 0.0852. The minimum absolute atomic E-state index is 0.0375. The largest absolute Gasteiger partial charge is 0.471 e. The van der Waals surface area contributed by atoms with Crippen molar-refractivity contribution >= 4 is 96.4 Å². The van der Waals surface area contributed by atoms with Gasteiger partial charge in [-0.05, 0) is 99.2 Å². The molecule has 10 aromatic heterocycles. The van der Waals surface area contributed by atoms with Gasteiger partial charge in [0.15, 0.2) is 5.82 Å². The van der Waals surface area contributed by atoms with Gasteiger partial charge >= 0.3 is 24.1 Å². The van der Waals surface area contributed by atoms with E-state index in [2.05, 4.69) is 110 Å². The highest BCUT2D eigenvalue weighted by atomic mass is 79.9. The van der Waals surface area contributed by atoms with E-state index in [0.29, 0.717) is 32.6 Å². The molecule has 0 saturated carbocycles. The van der Waals surface area contributed by atoms with Crippen LogP contribution in [0.25, 0.3) is 21.4 Å². The normalized spacial score (nSPS) is 13.8. The standard InChI is InChI=1S/C21H18F3N7OS.C13H15N5.C9H13N3.C8H4BrF3N2OS.C4H3ClN2/c22-21(23,24)20-28-19(29-32-20)16-5-4-15(33-16)13-31(18-12-25-7-8-26-18)14-3-6-17(27-11-14)30-9-1-2-10-30;1-2-8-18(7-1)13-4-3-11(9-16-13)17-12-10-14-5-6-15-12;10-8-3-4-9(11-7-8)12-5-1-2-6-12;9-3-4-1-2-5(16-4)6-13-7(15-14-6)8(10,11)12;5-4-3-6-1-2-7-4/h3-8,11-12H,1-2,9-10,13H2;3-6,9-10H,1-2,7-8H2,(H,15,17);3-4,7H,1-2,5-6,10H2;1-2H,3H2;1-3H. The maximum Gasteiger partial charge on any atom is 0.471 e. The molecule has 0 amide bonds. The maximum absolute atomic E-state index is 12.8. The predicted octanol–water partition coefficient (Wildman–Crippen LogP) is 13.3. The van der Waals surface area contributed by atoms with Crippen LogP contribution in [0, 0.1) is 0 Å². The number of nitrogens with one attached hydrogen (secondary N) is 1. The smallest absolute Gasteiger partial charge is 0.397 e. The lowest BCUT2D eigenvalue weighted by Gasteiger charge is -2.23. The Labute approximate surface area is 510 Å². The van der Waals surface area contributed by atoms with Crippen molar-refractivity contribution in [3.63, 3.8) is 0 Å². The third kappa shape index (κ3) is 18.0. The number of anilines is 8. The van der Waals surface area contributed by atoms with Gasteiger partial charge in [-0.25, -0.2) is 29.9 Å². The van der Waals surface area contributed by atoms with Crippen molar-refractivity contribution < 1.29 is 35.4 Å². The number of hydrogen-bond donors (Lipinski definition) is 2. The average molecular weight is 1310 g/mol. The lowest BCUT2D eigenvalue weighted by atomic mass is 10.3. The van der Waals surface area contributed by atoms with E-state index < -0.39 is 24.1 Å². The molecule has 0 radical (unpaired) electrons. The van der Waals surface area contributed by atoms with E-state index in [-0.39, 0.29) is 11.6 Å². The van der Waals surface area contributed by atoms with Crippen LogP contribution in [-0.2, 0) is 24.2 Å². The molecule has 0 aromatic carbocycles. The summed E-state index contributed by atoms with van der Waals surface area (Å²) in [5.74, 6) is 1.58. The summed E-state index contributed by atoms with van der Waals surface area (Å²) in [6.07, 6.45) is 18.0. The van der Waals surface area contributed by atoms with Crippen LogP contribution >= 0.6 is 50.2 Å². The molecule has 0 spiro atoms. The van der Waals surface area contributed by atoms with Gasteiger partial charge in [-0.3, -0.25) is 15.0 Å². The van der Waals surface area contributed by atoms with Crippen LogP contribution in [0.3, 0.4) is 0 Å². The van der Waals surface area contributed by atoms with Crippen LogP contribution in [0.15, 0.2) is 144 Å². The molecule has 13 rings (SSSR count). The van der Waals surface area contributed by atoms with Crippen molar-refractivity contribution in [2.75, 3.05) is 69.9 Å². The van der Waals surface area contributed by atoms with Gasteiger partial charge < -0.3 is 39.7 Å².